The van der Waals surface area contributed by atoms with Crippen LogP contribution in [-0.2, 0) is 6.18 Å². The lowest BCUT2D eigenvalue weighted by molar-refractivity contribution is -0.138. The number of anilines is 1. The number of aryl methyl sites for hydroxylation is 1. The second kappa shape index (κ2) is 5.51. The van der Waals surface area contributed by atoms with Gasteiger partial charge in [-0.15, -0.1) is 0 Å². The molecule has 5 heteroatoms. The van der Waals surface area contributed by atoms with Gasteiger partial charge >= 0.3 is 6.18 Å². The van der Waals surface area contributed by atoms with Gasteiger partial charge in [0.15, 0.2) is 0 Å². The van der Waals surface area contributed by atoms with Gasteiger partial charge < -0.3 is 5.32 Å². The zero-order valence-electron chi connectivity index (χ0n) is 12.0. The van der Waals surface area contributed by atoms with Gasteiger partial charge in [0.1, 0.15) is 0 Å². The van der Waals surface area contributed by atoms with E-state index in [0.717, 1.165) is 17.9 Å². The van der Waals surface area contributed by atoms with Gasteiger partial charge in [-0.05, 0) is 42.2 Å². The molecular weight excluding hydrogens is 283 g/mol. The van der Waals surface area contributed by atoms with E-state index in [2.05, 4.69) is 19.2 Å². The summed E-state index contributed by atoms with van der Waals surface area (Å²) in [5, 5.41) is 3.26. The van der Waals surface area contributed by atoms with Crippen LogP contribution in [-0.4, -0.2) is 17.5 Å². The fourth-order valence-electron chi connectivity index (χ4n) is 2.61. The van der Waals surface area contributed by atoms with Crippen LogP contribution in [0.4, 0.5) is 18.9 Å². The molecule has 1 nitrogen and oxygen atoms in total. The predicted molar refractivity (Wildman–Crippen MR) is 79.3 cm³/mol. The highest BCUT2D eigenvalue weighted by atomic mass is 32.2. The molecule has 1 aliphatic heterocycles. The van der Waals surface area contributed by atoms with Gasteiger partial charge in [0.05, 0.1) is 5.56 Å². The number of halogens is 3. The maximum absolute atomic E-state index is 12.9. The highest BCUT2D eigenvalue weighted by Gasteiger charge is 2.33. The van der Waals surface area contributed by atoms with Crippen molar-refractivity contribution in [2.45, 2.75) is 39.4 Å². The smallest absolute Gasteiger partial charge is 0.381 e. The molecule has 0 amide bonds. The summed E-state index contributed by atoms with van der Waals surface area (Å²) >= 11 is 1.86. The van der Waals surface area contributed by atoms with Crippen molar-refractivity contribution in [1.29, 1.82) is 0 Å². The van der Waals surface area contributed by atoms with Crippen LogP contribution in [0.2, 0.25) is 0 Å². The first-order valence-corrected chi connectivity index (χ1v) is 7.85. The summed E-state index contributed by atoms with van der Waals surface area (Å²) in [7, 11) is 0. The molecule has 0 spiro atoms. The van der Waals surface area contributed by atoms with Crippen molar-refractivity contribution in [2.24, 2.45) is 5.41 Å². The third-order valence-electron chi connectivity index (χ3n) is 3.52. The molecule has 1 atom stereocenters. The minimum Gasteiger partial charge on any atom is -0.381 e. The van der Waals surface area contributed by atoms with Crippen molar-refractivity contribution in [3.05, 3.63) is 29.3 Å². The van der Waals surface area contributed by atoms with E-state index < -0.39 is 11.7 Å². The lowest BCUT2D eigenvalue weighted by atomic mass is 9.87. The lowest BCUT2D eigenvalue weighted by Crippen LogP contribution is -2.35. The van der Waals surface area contributed by atoms with Crippen LogP contribution in [0.25, 0.3) is 0 Å². The zero-order chi connectivity index (χ0) is 15.0. The minimum absolute atomic E-state index is 0.229. The molecule has 0 bridgehead atoms. The molecule has 0 aliphatic carbocycles. The maximum atomic E-state index is 12.9. The van der Waals surface area contributed by atoms with E-state index in [-0.39, 0.29) is 17.0 Å². The fraction of sp³-hybridized carbons (Fsp3) is 0.600. The van der Waals surface area contributed by atoms with Crippen molar-refractivity contribution in [1.82, 2.24) is 0 Å². The Labute approximate surface area is 122 Å². The van der Waals surface area contributed by atoms with Crippen molar-refractivity contribution in [2.75, 3.05) is 16.8 Å². The van der Waals surface area contributed by atoms with Crippen molar-refractivity contribution in [3.63, 3.8) is 0 Å². The van der Waals surface area contributed by atoms with Gasteiger partial charge in [-0.1, -0.05) is 19.9 Å². The minimum atomic E-state index is -4.29. The molecule has 0 radical (unpaired) electrons. The first-order valence-electron chi connectivity index (χ1n) is 6.69. The molecule has 1 heterocycles. The summed E-state index contributed by atoms with van der Waals surface area (Å²) in [6.45, 7) is 5.89. The van der Waals surface area contributed by atoms with Gasteiger partial charge in [0.2, 0.25) is 0 Å². The van der Waals surface area contributed by atoms with Crippen LogP contribution in [0.3, 0.4) is 0 Å². The van der Waals surface area contributed by atoms with Crippen LogP contribution in [0, 0.1) is 12.3 Å². The second-order valence-electron chi connectivity index (χ2n) is 6.25. The summed E-state index contributed by atoms with van der Waals surface area (Å²) in [5.41, 5.74) is 0.510. The first kappa shape index (κ1) is 15.5. The van der Waals surface area contributed by atoms with Gasteiger partial charge in [-0.2, -0.15) is 24.9 Å². The Morgan fingerprint density at radius 2 is 2.00 bits per heavy atom. The average molecular weight is 303 g/mol. The van der Waals surface area contributed by atoms with E-state index in [1.54, 1.807) is 6.07 Å². The molecule has 20 heavy (non-hydrogen) atoms. The number of nitrogens with one attached hydrogen (secondary N) is 1. The SMILES string of the molecule is Cc1ccc(NC2CSCC(C)(C)C2)cc1C(F)(F)F. The molecule has 1 saturated heterocycles. The Balaban J connectivity index is 2.14. The normalized spacial score (nSPS) is 22.6. The molecule has 112 valence electrons. The third kappa shape index (κ3) is 3.84. The predicted octanol–water partition coefficient (Wildman–Crippen LogP) is 4.96. The number of benzene rings is 1. The molecule has 1 aromatic carbocycles. The molecule has 1 aliphatic rings. The Morgan fingerprint density at radius 1 is 1.30 bits per heavy atom. The van der Waals surface area contributed by atoms with Crippen LogP contribution in [0.5, 0.6) is 0 Å². The fourth-order valence-corrected chi connectivity index (χ4v) is 3.88. The van der Waals surface area contributed by atoms with E-state index >= 15 is 0 Å². The Kier molecular flexibility index (Phi) is 4.28. The van der Waals surface area contributed by atoms with Gasteiger partial charge in [0.25, 0.3) is 0 Å². The lowest BCUT2D eigenvalue weighted by Gasteiger charge is -2.35. The van der Waals surface area contributed by atoms with Gasteiger partial charge in [0, 0.05) is 17.5 Å². The van der Waals surface area contributed by atoms with E-state index in [4.69, 9.17) is 0 Å². The summed E-state index contributed by atoms with van der Waals surface area (Å²) < 4.78 is 38.7. The molecule has 1 fully saturated rings. The van der Waals surface area contributed by atoms with Gasteiger partial charge in [-0.25, -0.2) is 0 Å². The van der Waals surface area contributed by atoms with Crippen LogP contribution < -0.4 is 5.32 Å². The van der Waals surface area contributed by atoms with E-state index in [0.29, 0.717) is 5.69 Å². The Morgan fingerprint density at radius 3 is 2.60 bits per heavy atom. The summed E-state index contributed by atoms with van der Waals surface area (Å²) in [5.74, 6) is 2.05. The molecule has 1 N–H and O–H groups in total. The quantitative estimate of drug-likeness (QED) is 0.829. The van der Waals surface area contributed by atoms with Crippen LogP contribution in [0.15, 0.2) is 18.2 Å². The largest absolute Gasteiger partial charge is 0.416 e. The standard InChI is InChI=1S/C15H20F3NS/c1-10-4-5-11(6-13(10)15(16,17)18)19-12-7-14(2,3)9-20-8-12/h4-6,12,19H,7-9H2,1-3H3. The van der Waals surface area contributed by atoms with Crippen molar-refractivity contribution < 1.29 is 13.2 Å². The van der Waals surface area contributed by atoms with Crippen molar-refractivity contribution in [3.8, 4) is 0 Å². The Hall–Kier alpha value is -0.840. The van der Waals surface area contributed by atoms with Crippen molar-refractivity contribution >= 4 is 17.4 Å². The number of hydrogen-bond donors (Lipinski definition) is 1. The summed E-state index contributed by atoms with van der Waals surface area (Å²) in [4.78, 5) is 0. The molecule has 0 aromatic heterocycles. The Bertz CT molecular complexity index is 482. The highest BCUT2D eigenvalue weighted by Crippen LogP contribution is 2.36. The van der Waals surface area contributed by atoms with E-state index in [1.807, 2.05) is 11.8 Å². The topological polar surface area (TPSA) is 12.0 Å². The van der Waals surface area contributed by atoms with Crippen LogP contribution in [0.1, 0.15) is 31.4 Å². The summed E-state index contributed by atoms with van der Waals surface area (Å²) in [6, 6.07) is 4.72. The third-order valence-corrected chi connectivity index (χ3v) is 5.15. The molecular formula is C15H20F3NS. The molecule has 0 saturated carbocycles. The van der Waals surface area contributed by atoms with Gasteiger partial charge in [-0.3, -0.25) is 0 Å². The monoisotopic (exact) mass is 303 g/mol. The number of rotatable bonds is 2. The van der Waals surface area contributed by atoms with E-state index in [1.165, 1.54) is 19.1 Å². The van der Waals surface area contributed by atoms with Crippen LogP contribution >= 0.6 is 11.8 Å². The zero-order valence-corrected chi connectivity index (χ0v) is 12.8. The first-order chi connectivity index (χ1) is 9.17. The number of hydrogen-bond acceptors (Lipinski definition) is 2. The average Bonchev–Trinajstić information content (AvgIpc) is 2.29. The highest BCUT2D eigenvalue weighted by molar-refractivity contribution is 7.99. The molecule has 1 unspecified atom stereocenters. The summed E-state index contributed by atoms with van der Waals surface area (Å²) in [6.07, 6.45) is -3.31. The molecule has 2 rings (SSSR count). The second-order valence-corrected chi connectivity index (χ2v) is 7.28. The molecule has 1 aromatic rings. The maximum Gasteiger partial charge on any atom is 0.416 e. The number of alkyl halides is 3. The number of thioether (sulfide) groups is 1. The van der Waals surface area contributed by atoms with E-state index in [9.17, 15) is 13.2 Å².